The van der Waals surface area contributed by atoms with Crippen molar-refractivity contribution in [2.45, 2.75) is 26.9 Å². The van der Waals surface area contributed by atoms with Gasteiger partial charge in [0.05, 0.1) is 0 Å². The highest BCUT2D eigenvalue weighted by atomic mass is 19.2. The minimum absolute atomic E-state index is 0.518. The van der Waals surface area contributed by atoms with Crippen molar-refractivity contribution < 1.29 is 8.78 Å². The molecule has 0 unspecified atom stereocenters. The van der Waals surface area contributed by atoms with E-state index < -0.39 is 11.6 Å². The van der Waals surface area contributed by atoms with Crippen LogP contribution in [0.1, 0.15) is 22.3 Å². The normalized spacial score (nSPS) is 10.7. The smallest absolute Gasteiger partial charge is 0.159 e. The first-order valence-corrected chi connectivity index (χ1v) is 6.27. The van der Waals surface area contributed by atoms with Crippen LogP contribution in [0.2, 0.25) is 0 Å². The van der Waals surface area contributed by atoms with Crippen LogP contribution in [-0.4, -0.2) is 0 Å². The topological polar surface area (TPSA) is 12.0 Å². The molecule has 0 amide bonds. The van der Waals surface area contributed by atoms with E-state index in [1.165, 1.54) is 22.8 Å². The second-order valence-corrected chi connectivity index (χ2v) is 4.78. The van der Waals surface area contributed by atoms with Gasteiger partial charge >= 0.3 is 0 Å². The van der Waals surface area contributed by atoms with Crippen molar-refractivity contribution in [3.05, 3.63) is 70.3 Å². The first kappa shape index (κ1) is 13.7. The molecule has 0 fully saturated rings. The molecule has 0 atom stereocenters. The first-order valence-electron chi connectivity index (χ1n) is 6.27. The van der Waals surface area contributed by atoms with Crippen molar-refractivity contribution >= 4 is 0 Å². The van der Waals surface area contributed by atoms with Gasteiger partial charge in [-0.25, -0.2) is 8.78 Å². The maximum absolute atomic E-state index is 13.0. The van der Waals surface area contributed by atoms with Gasteiger partial charge in [0.15, 0.2) is 11.6 Å². The molecule has 0 radical (unpaired) electrons. The van der Waals surface area contributed by atoms with Gasteiger partial charge in [-0.1, -0.05) is 29.8 Å². The average molecular weight is 261 g/mol. The third-order valence-electron chi connectivity index (χ3n) is 3.13. The van der Waals surface area contributed by atoms with Crippen molar-refractivity contribution in [3.8, 4) is 0 Å². The second kappa shape index (κ2) is 5.93. The lowest BCUT2D eigenvalue weighted by molar-refractivity contribution is 0.506. The third-order valence-corrected chi connectivity index (χ3v) is 3.13. The molecule has 0 bridgehead atoms. The summed E-state index contributed by atoms with van der Waals surface area (Å²) in [6.45, 7) is 5.35. The largest absolute Gasteiger partial charge is 0.309 e. The summed E-state index contributed by atoms with van der Waals surface area (Å²) in [5.41, 5.74) is 4.41. The molecule has 1 N–H and O–H groups in total. The molecule has 0 saturated heterocycles. The lowest BCUT2D eigenvalue weighted by Crippen LogP contribution is -2.13. The maximum Gasteiger partial charge on any atom is 0.159 e. The number of hydrogen-bond donors (Lipinski definition) is 1. The van der Waals surface area contributed by atoms with Crippen molar-refractivity contribution in [1.29, 1.82) is 0 Å². The average Bonchev–Trinajstić information content (AvgIpc) is 2.38. The first-order chi connectivity index (χ1) is 9.06. The standard InChI is InChI=1S/C16H17F2N/c1-11-3-4-12(2)14(7-11)10-19-9-13-5-6-15(17)16(18)8-13/h3-8,19H,9-10H2,1-2H3. The molecule has 0 aromatic heterocycles. The Morgan fingerprint density at radius 3 is 2.42 bits per heavy atom. The minimum Gasteiger partial charge on any atom is -0.309 e. The summed E-state index contributed by atoms with van der Waals surface area (Å²) in [6, 6.07) is 10.3. The molecule has 0 aliphatic carbocycles. The SMILES string of the molecule is Cc1ccc(C)c(CNCc2ccc(F)c(F)c2)c1. The van der Waals surface area contributed by atoms with Gasteiger partial charge in [-0.3, -0.25) is 0 Å². The number of rotatable bonds is 4. The van der Waals surface area contributed by atoms with Gasteiger partial charge in [0.1, 0.15) is 0 Å². The fraction of sp³-hybridized carbons (Fsp3) is 0.250. The molecule has 0 spiro atoms. The molecule has 0 aliphatic heterocycles. The van der Waals surface area contributed by atoms with Crippen molar-refractivity contribution in [3.63, 3.8) is 0 Å². The van der Waals surface area contributed by atoms with Crippen LogP contribution in [0, 0.1) is 25.5 Å². The summed E-state index contributed by atoms with van der Waals surface area (Å²) in [6.07, 6.45) is 0. The molecule has 0 saturated carbocycles. The van der Waals surface area contributed by atoms with Crippen molar-refractivity contribution in [1.82, 2.24) is 5.32 Å². The second-order valence-electron chi connectivity index (χ2n) is 4.78. The monoisotopic (exact) mass is 261 g/mol. The molecule has 2 aromatic rings. The highest BCUT2D eigenvalue weighted by Gasteiger charge is 2.03. The molecule has 2 rings (SSSR count). The molecule has 3 heteroatoms. The van der Waals surface area contributed by atoms with Crippen molar-refractivity contribution in [2.75, 3.05) is 0 Å². The summed E-state index contributed by atoms with van der Waals surface area (Å²) >= 11 is 0. The van der Waals surface area contributed by atoms with Crippen LogP contribution in [0.4, 0.5) is 8.78 Å². The Kier molecular flexibility index (Phi) is 4.27. The molecule has 0 aliphatic rings. The Balaban J connectivity index is 1.96. The van der Waals surface area contributed by atoms with E-state index in [9.17, 15) is 8.78 Å². The van der Waals surface area contributed by atoms with Crippen LogP contribution in [0.3, 0.4) is 0 Å². The van der Waals surface area contributed by atoms with E-state index in [2.05, 4.69) is 37.4 Å². The van der Waals surface area contributed by atoms with Crippen molar-refractivity contribution in [2.24, 2.45) is 0 Å². The summed E-state index contributed by atoms with van der Waals surface area (Å²) in [4.78, 5) is 0. The van der Waals surface area contributed by atoms with Gasteiger partial charge in [-0.05, 0) is 42.7 Å². The van der Waals surface area contributed by atoms with Gasteiger partial charge in [0.25, 0.3) is 0 Å². The van der Waals surface area contributed by atoms with E-state index in [1.807, 2.05) is 0 Å². The van der Waals surface area contributed by atoms with Gasteiger partial charge < -0.3 is 5.32 Å². The maximum atomic E-state index is 13.0. The number of halogens is 2. The van der Waals surface area contributed by atoms with Crippen LogP contribution >= 0.6 is 0 Å². The molecule has 0 heterocycles. The zero-order valence-electron chi connectivity index (χ0n) is 11.1. The van der Waals surface area contributed by atoms with Crippen LogP contribution < -0.4 is 5.32 Å². The Morgan fingerprint density at radius 1 is 0.895 bits per heavy atom. The number of nitrogens with one attached hydrogen (secondary N) is 1. The van der Waals surface area contributed by atoms with Crippen LogP contribution in [-0.2, 0) is 13.1 Å². The molecule has 2 aromatic carbocycles. The van der Waals surface area contributed by atoms with Gasteiger partial charge in [0.2, 0.25) is 0 Å². The number of benzene rings is 2. The quantitative estimate of drug-likeness (QED) is 0.881. The zero-order valence-corrected chi connectivity index (χ0v) is 11.1. The zero-order chi connectivity index (χ0) is 13.8. The Hall–Kier alpha value is -1.74. The molecular weight excluding hydrogens is 244 g/mol. The van der Waals surface area contributed by atoms with Gasteiger partial charge in [0, 0.05) is 13.1 Å². The predicted molar refractivity (Wildman–Crippen MR) is 72.8 cm³/mol. The number of aryl methyl sites for hydroxylation is 2. The summed E-state index contributed by atoms with van der Waals surface area (Å²) < 4.78 is 25.8. The predicted octanol–water partition coefficient (Wildman–Crippen LogP) is 3.87. The lowest BCUT2D eigenvalue weighted by atomic mass is 10.1. The fourth-order valence-corrected chi connectivity index (χ4v) is 1.98. The summed E-state index contributed by atoms with van der Waals surface area (Å²) in [5.74, 6) is -1.61. The van der Waals surface area contributed by atoms with E-state index in [0.29, 0.717) is 13.1 Å². The van der Waals surface area contributed by atoms with E-state index in [0.717, 1.165) is 11.6 Å². The van der Waals surface area contributed by atoms with Gasteiger partial charge in [-0.15, -0.1) is 0 Å². The third kappa shape index (κ3) is 3.61. The highest BCUT2D eigenvalue weighted by Crippen LogP contribution is 2.11. The molecule has 19 heavy (non-hydrogen) atoms. The molecular formula is C16H17F2N. The highest BCUT2D eigenvalue weighted by molar-refractivity contribution is 5.30. The van der Waals surface area contributed by atoms with Crippen LogP contribution in [0.5, 0.6) is 0 Å². The van der Waals surface area contributed by atoms with E-state index in [4.69, 9.17) is 0 Å². The fourth-order valence-electron chi connectivity index (χ4n) is 1.98. The van der Waals surface area contributed by atoms with E-state index >= 15 is 0 Å². The van der Waals surface area contributed by atoms with Gasteiger partial charge in [-0.2, -0.15) is 0 Å². The Labute approximate surface area is 112 Å². The summed E-state index contributed by atoms with van der Waals surface area (Å²) in [5, 5.41) is 3.24. The molecule has 100 valence electrons. The lowest BCUT2D eigenvalue weighted by Gasteiger charge is -2.09. The summed E-state index contributed by atoms with van der Waals surface area (Å²) in [7, 11) is 0. The molecule has 1 nitrogen and oxygen atoms in total. The van der Waals surface area contributed by atoms with Crippen LogP contribution in [0.15, 0.2) is 36.4 Å². The Morgan fingerprint density at radius 2 is 1.68 bits per heavy atom. The van der Waals surface area contributed by atoms with E-state index in [-0.39, 0.29) is 0 Å². The van der Waals surface area contributed by atoms with Crippen LogP contribution in [0.25, 0.3) is 0 Å². The Bertz CT molecular complexity index is 579. The minimum atomic E-state index is -0.807. The van der Waals surface area contributed by atoms with E-state index in [1.54, 1.807) is 6.07 Å². The number of hydrogen-bond acceptors (Lipinski definition) is 1.